The van der Waals surface area contributed by atoms with E-state index >= 15 is 0 Å². The highest BCUT2D eigenvalue weighted by atomic mass is 32.1. The standard InChI is InChI=1S/C20H19N3O3S/c21-17-13-8-12-3-1-2-4-14(12)23-20(13)27-18(17)19(24)22-9-11-5-6-15-16(7-11)26-10-25-15/h5-8H,1-4,9-10,21H2,(H,22,24). The number of nitrogens with one attached hydrogen (secondary N) is 1. The lowest BCUT2D eigenvalue weighted by molar-refractivity contribution is 0.0955. The summed E-state index contributed by atoms with van der Waals surface area (Å²) in [6, 6.07) is 7.77. The Morgan fingerprint density at radius 1 is 1.19 bits per heavy atom. The van der Waals surface area contributed by atoms with Crippen molar-refractivity contribution in [3.05, 3.63) is 46.0 Å². The summed E-state index contributed by atoms with van der Waals surface area (Å²) in [5.41, 5.74) is 10.2. The van der Waals surface area contributed by atoms with E-state index in [2.05, 4.69) is 11.4 Å². The van der Waals surface area contributed by atoms with Gasteiger partial charge in [0.15, 0.2) is 11.5 Å². The highest BCUT2D eigenvalue weighted by molar-refractivity contribution is 7.21. The van der Waals surface area contributed by atoms with Crippen LogP contribution in [0.25, 0.3) is 10.2 Å². The molecule has 1 amide bonds. The van der Waals surface area contributed by atoms with Crippen molar-refractivity contribution in [2.75, 3.05) is 12.5 Å². The first kappa shape index (κ1) is 16.4. The van der Waals surface area contributed by atoms with Crippen LogP contribution in [0, 0.1) is 0 Å². The molecule has 1 aliphatic carbocycles. The van der Waals surface area contributed by atoms with Crippen molar-refractivity contribution < 1.29 is 14.3 Å². The van der Waals surface area contributed by atoms with Gasteiger partial charge < -0.3 is 20.5 Å². The number of fused-ring (bicyclic) bond motifs is 3. The van der Waals surface area contributed by atoms with Crippen LogP contribution in [-0.4, -0.2) is 17.7 Å². The van der Waals surface area contributed by atoms with E-state index in [4.69, 9.17) is 20.2 Å². The van der Waals surface area contributed by atoms with Crippen molar-refractivity contribution in [1.29, 1.82) is 0 Å². The van der Waals surface area contributed by atoms with Gasteiger partial charge in [-0.25, -0.2) is 4.98 Å². The Bertz CT molecular complexity index is 1060. The van der Waals surface area contributed by atoms with Gasteiger partial charge in [-0.15, -0.1) is 11.3 Å². The van der Waals surface area contributed by atoms with E-state index in [1.807, 2.05) is 18.2 Å². The molecule has 1 aromatic carbocycles. The van der Waals surface area contributed by atoms with Crippen molar-refractivity contribution in [3.63, 3.8) is 0 Å². The summed E-state index contributed by atoms with van der Waals surface area (Å²) in [4.78, 5) is 18.8. The largest absolute Gasteiger partial charge is 0.454 e. The zero-order chi connectivity index (χ0) is 18.4. The van der Waals surface area contributed by atoms with E-state index in [0.717, 1.165) is 40.1 Å². The first-order valence-corrected chi connectivity index (χ1v) is 9.88. The monoisotopic (exact) mass is 381 g/mol. The number of thiophene rings is 1. The molecule has 0 fully saturated rings. The Kier molecular flexibility index (Phi) is 3.89. The smallest absolute Gasteiger partial charge is 0.263 e. The SMILES string of the molecule is Nc1c(C(=O)NCc2ccc3c(c2)OCO3)sc2nc3c(cc12)CCCC3. The Hall–Kier alpha value is -2.80. The van der Waals surface area contributed by atoms with Gasteiger partial charge in [0.1, 0.15) is 9.71 Å². The molecule has 6 nitrogen and oxygen atoms in total. The van der Waals surface area contributed by atoms with Gasteiger partial charge in [0.2, 0.25) is 6.79 Å². The van der Waals surface area contributed by atoms with Crippen LogP contribution >= 0.6 is 11.3 Å². The molecule has 27 heavy (non-hydrogen) atoms. The number of rotatable bonds is 3. The molecule has 0 radical (unpaired) electrons. The van der Waals surface area contributed by atoms with E-state index < -0.39 is 0 Å². The summed E-state index contributed by atoms with van der Waals surface area (Å²) < 4.78 is 10.7. The average Bonchev–Trinajstić information content (AvgIpc) is 3.28. The zero-order valence-corrected chi connectivity index (χ0v) is 15.5. The molecule has 7 heteroatoms. The molecule has 3 heterocycles. The van der Waals surface area contributed by atoms with Crippen molar-refractivity contribution in [1.82, 2.24) is 10.3 Å². The lowest BCUT2D eigenvalue weighted by atomic mass is 9.95. The molecule has 3 aromatic rings. The molecule has 0 saturated heterocycles. The third-order valence-electron chi connectivity index (χ3n) is 5.10. The number of hydrogen-bond acceptors (Lipinski definition) is 6. The molecule has 2 aromatic heterocycles. The van der Waals surface area contributed by atoms with Crippen LogP contribution in [0.5, 0.6) is 11.5 Å². The third-order valence-corrected chi connectivity index (χ3v) is 6.21. The fraction of sp³-hybridized carbons (Fsp3) is 0.300. The Balaban J connectivity index is 1.38. The van der Waals surface area contributed by atoms with Gasteiger partial charge in [0, 0.05) is 17.6 Å². The molecule has 2 aliphatic rings. The number of aromatic nitrogens is 1. The maximum Gasteiger partial charge on any atom is 0.263 e. The normalized spacial score (nSPS) is 15.0. The molecule has 3 N–H and O–H groups in total. The Labute approximate surface area is 160 Å². The van der Waals surface area contributed by atoms with E-state index in [1.54, 1.807) is 0 Å². The molecule has 0 saturated carbocycles. The maximum atomic E-state index is 12.7. The summed E-state index contributed by atoms with van der Waals surface area (Å²) in [6.45, 7) is 0.632. The number of aryl methyl sites for hydroxylation is 2. The molecule has 138 valence electrons. The number of benzene rings is 1. The van der Waals surface area contributed by atoms with Crippen LogP contribution in [-0.2, 0) is 19.4 Å². The predicted octanol–water partition coefficient (Wildman–Crippen LogP) is 3.42. The summed E-state index contributed by atoms with van der Waals surface area (Å²) in [6.07, 6.45) is 4.41. The number of pyridine rings is 1. The second-order valence-corrected chi connectivity index (χ2v) is 7.87. The van der Waals surface area contributed by atoms with E-state index in [9.17, 15) is 4.79 Å². The van der Waals surface area contributed by atoms with Gasteiger partial charge in [-0.3, -0.25) is 4.79 Å². The van der Waals surface area contributed by atoms with Crippen LogP contribution < -0.4 is 20.5 Å². The van der Waals surface area contributed by atoms with E-state index in [1.165, 1.54) is 29.7 Å². The molecular weight excluding hydrogens is 362 g/mol. The van der Waals surface area contributed by atoms with Gasteiger partial charge in [-0.2, -0.15) is 0 Å². The van der Waals surface area contributed by atoms with Crippen molar-refractivity contribution in [2.24, 2.45) is 0 Å². The Morgan fingerprint density at radius 2 is 2.04 bits per heavy atom. The minimum absolute atomic E-state index is 0.175. The summed E-state index contributed by atoms with van der Waals surface area (Å²) in [7, 11) is 0. The minimum Gasteiger partial charge on any atom is -0.454 e. The zero-order valence-electron chi connectivity index (χ0n) is 14.7. The van der Waals surface area contributed by atoms with Crippen molar-refractivity contribution >= 4 is 33.1 Å². The molecular formula is C20H19N3O3S. The molecule has 0 atom stereocenters. The first-order chi connectivity index (χ1) is 13.2. The molecule has 5 rings (SSSR count). The number of nitrogen functional groups attached to an aromatic ring is 1. The van der Waals surface area contributed by atoms with Gasteiger partial charge in [0.25, 0.3) is 5.91 Å². The molecule has 0 bridgehead atoms. The summed E-state index contributed by atoms with van der Waals surface area (Å²) in [5.74, 6) is 1.26. The van der Waals surface area contributed by atoms with Crippen LogP contribution in [0.2, 0.25) is 0 Å². The Morgan fingerprint density at radius 3 is 2.96 bits per heavy atom. The quantitative estimate of drug-likeness (QED) is 0.726. The second-order valence-electron chi connectivity index (χ2n) is 6.87. The van der Waals surface area contributed by atoms with Crippen molar-refractivity contribution in [3.8, 4) is 11.5 Å². The van der Waals surface area contributed by atoms with Crippen molar-refractivity contribution in [2.45, 2.75) is 32.2 Å². The van der Waals surface area contributed by atoms with Gasteiger partial charge in [-0.1, -0.05) is 6.07 Å². The van der Waals surface area contributed by atoms with Gasteiger partial charge >= 0.3 is 0 Å². The summed E-state index contributed by atoms with van der Waals surface area (Å²) in [5, 5.41) is 3.84. The van der Waals surface area contributed by atoms with E-state index in [-0.39, 0.29) is 12.7 Å². The number of nitrogens with two attached hydrogens (primary N) is 1. The van der Waals surface area contributed by atoms with Gasteiger partial charge in [0.05, 0.1) is 5.69 Å². The van der Waals surface area contributed by atoms with Crippen LogP contribution in [0.15, 0.2) is 24.3 Å². The number of carbonyl (C=O) groups is 1. The predicted molar refractivity (Wildman–Crippen MR) is 104 cm³/mol. The number of nitrogens with zero attached hydrogens (tertiary/aromatic N) is 1. The van der Waals surface area contributed by atoms with Crippen LogP contribution in [0.1, 0.15) is 39.3 Å². The molecule has 1 aliphatic heterocycles. The topological polar surface area (TPSA) is 86.5 Å². The fourth-order valence-electron chi connectivity index (χ4n) is 3.64. The minimum atomic E-state index is -0.175. The lowest BCUT2D eigenvalue weighted by Gasteiger charge is -2.14. The maximum absolute atomic E-state index is 12.7. The lowest BCUT2D eigenvalue weighted by Crippen LogP contribution is -2.22. The number of ether oxygens (including phenoxy) is 2. The summed E-state index contributed by atoms with van der Waals surface area (Å²) >= 11 is 1.37. The second kappa shape index (κ2) is 6.42. The first-order valence-electron chi connectivity index (χ1n) is 9.06. The highest BCUT2D eigenvalue weighted by Gasteiger charge is 2.20. The number of anilines is 1. The third kappa shape index (κ3) is 2.88. The number of amides is 1. The number of carbonyl (C=O) groups excluding carboxylic acids is 1. The van der Waals surface area contributed by atoms with Gasteiger partial charge in [-0.05, 0) is 55.0 Å². The molecule has 0 unspecified atom stereocenters. The highest BCUT2D eigenvalue weighted by Crippen LogP contribution is 2.36. The number of hydrogen-bond donors (Lipinski definition) is 2. The fourth-order valence-corrected chi connectivity index (χ4v) is 4.65. The molecule has 0 spiro atoms. The van der Waals surface area contributed by atoms with Crippen LogP contribution in [0.4, 0.5) is 5.69 Å². The average molecular weight is 381 g/mol. The van der Waals surface area contributed by atoms with E-state index in [0.29, 0.717) is 22.9 Å². The van der Waals surface area contributed by atoms with Crippen LogP contribution in [0.3, 0.4) is 0 Å².